The summed E-state index contributed by atoms with van der Waals surface area (Å²) in [5.74, 6) is -1.46. The average Bonchev–Trinajstić information content (AvgIpc) is 2.16. The number of carboxylic acid groups (broad SMARTS) is 1. The third kappa shape index (κ3) is 3.46. The molecule has 1 atom stereocenters. The molecule has 82 valence electrons. The van der Waals surface area contributed by atoms with Gasteiger partial charge in [0.05, 0.1) is 0 Å². The van der Waals surface area contributed by atoms with Gasteiger partial charge in [0.2, 0.25) is 0 Å². The molecule has 0 aliphatic rings. The summed E-state index contributed by atoms with van der Waals surface area (Å²) in [6.45, 7) is 1.74. The Morgan fingerprint density at radius 1 is 1.80 bits per heavy atom. The molecule has 0 bridgehead atoms. The third-order valence-electron chi connectivity index (χ3n) is 1.67. The molecule has 6 heteroatoms. The van der Waals surface area contributed by atoms with Crippen LogP contribution in [0.5, 0.6) is 0 Å². The molecule has 0 spiro atoms. The summed E-state index contributed by atoms with van der Waals surface area (Å²) in [5.41, 5.74) is 0. The van der Waals surface area contributed by atoms with Crippen molar-refractivity contribution in [3.05, 3.63) is 22.6 Å². The molecule has 0 saturated carbocycles. The zero-order chi connectivity index (χ0) is 11.4. The Labute approximate surface area is 99.2 Å². The highest BCUT2D eigenvalue weighted by Gasteiger charge is 2.19. The van der Waals surface area contributed by atoms with Gasteiger partial charge in [0.1, 0.15) is 10.3 Å². The van der Waals surface area contributed by atoms with Crippen LogP contribution in [0.15, 0.2) is 21.8 Å². The number of rotatable bonds is 4. The van der Waals surface area contributed by atoms with Crippen molar-refractivity contribution in [2.24, 2.45) is 0 Å². The topological polar surface area (TPSA) is 50.2 Å². The van der Waals surface area contributed by atoms with Crippen molar-refractivity contribution in [1.29, 1.82) is 0 Å². The van der Waals surface area contributed by atoms with E-state index in [0.29, 0.717) is 10.9 Å². The number of hydrogen-bond acceptors (Lipinski definition) is 3. The smallest absolute Gasteiger partial charge is 0.317 e. The standard InChI is InChI=1S/C9H9BrFNO2S/c1-2-7(9(13)14)15-8-6(11)3-5(10)4-12-8/h3-4,7H,2H2,1H3,(H,13,14). The molecule has 0 aromatic carbocycles. The van der Waals surface area contributed by atoms with Crippen LogP contribution >= 0.6 is 27.7 Å². The molecule has 0 radical (unpaired) electrons. The van der Waals surface area contributed by atoms with Gasteiger partial charge in [-0.25, -0.2) is 9.37 Å². The predicted molar refractivity (Wildman–Crippen MR) is 59.5 cm³/mol. The zero-order valence-corrected chi connectivity index (χ0v) is 10.3. The third-order valence-corrected chi connectivity index (χ3v) is 3.45. The van der Waals surface area contributed by atoms with Gasteiger partial charge in [-0.05, 0) is 28.4 Å². The maximum Gasteiger partial charge on any atom is 0.317 e. The van der Waals surface area contributed by atoms with Crippen LogP contribution in [0.3, 0.4) is 0 Å². The van der Waals surface area contributed by atoms with E-state index in [-0.39, 0.29) is 5.03 Å². The fourth-order valence-electron chi connectivity index (χ4n) is 0.932. The fourth-order valence-corrected chi connectivity index (χ4v) is 2.06. The summed E-state index contributed by atoms with van der Waals surface area (Å²) >= 11 is 4.01. The van der Waals surface area contributed by atoms with Crippen LogP contribution < -0.4 is 0 Å². The highest BCUT2D eigenvalue weighted by atomic mass is 79.9. The molecular formula is C9H9BrFNO2S. The van der Waals surface area contributed by atoms with Crippen molar-refractivity contribution in [3.63, 3.8) is 0 Å². The van der Waals surface area contributed by atoms with E-state index in [4.69, 9.17) is 5.11 Å². The Morgan fingerprint density at radius 2 is 2.47 bits per heavy atom. The van der Waals surface area contributed by atoms with Gasteiger partial charge in [-0.1, -0.05) is 18.7 Å². The van der Waals surface area contributed by atoms with Gasteiger partial charge in [0, 0.05) is 10.7 Å². The Hall–Kier alpha value is -0.620. The Morgan fingerprint density at radius 3 is 2.93 bits per heavy atom. The first kappa shape index (κ1) is 12.4. The van der Waals surface area contributed by atoms with E-state index in [1.54, 1.807) is 6.92 Å². The van der Waals surface area contributed by atoms with E-state index in [1.165, 1.54) is 12.3 Å². The quantitative estimate of drug-likeness (QED) is 0.867. The molecule has 0 aliphatic heterocycles. The monoisotopic (exact) mass is 293 g/mol. The molecule has 1 heterocycles. The van der Waals surface area contributed by atoms with Crippen LogP contribution in [0.25, 0.3) is 0 Å². The second-order valence-electron chi connectivity index (χ2n) is 2.79. The lowest BCUT2D eigenvalue weighted by Crippen LogP contribution is -2.15. The van der Waals surface area contributed by atoms with E-state index >= 15 is 0 Å². The Kier molecular flexibility index (Phi) is 4.53. The normalized spacial score (nSPS) is 12.5. The number of carboxylic acids is 1. The number of hydrogen-bond donors (Lipinski definition) is 1. The summed E-state index contributed by atoms with van der Waals surface area (Å²) in [6.07, 6.45) is 1.87. The Balaban J connectivity index is 2.84. The van der Waals surface area contributed by atoms with Crippen LogP contribution in [-0.4, -0.2) is 21.3 Å². The second kappa shape index (κ2) is 5.46. The van der Waals surface area contributed by atoms with Crippen molar-refractivity contribution in [2.75, 3.05) is 0 Å². The number of nitrogens with zero attached hydrogens (tertiary/aromatic N) is 1. The van der Waals surface area contributed by atoms with Gasteiger partial charge in [0.15, 0.2) is 5.82 Å². The number of pyridine rings is 1. The molecule has 1 aromatic heterocycles. The highest BCUT2D eigenvalue weighted by Crippen LogP contribution is 2.27. The average molecular weight is 294 g/mol. The minimum absolute atomic E-state index is 0.118. The van der Waals surface area contributed by atoms with Crippen molar-refractivity contribution in [1.82, 2.24) is 4.98 Å². The molecule has 3 nitrogen and oxygen atoms in total. The summed E-state index contributed by atoms with van der Waals surface area (Å²) in [6, 6.07) is 1.27. The summed E-state index contributed by atoms with van der Waals surface area (Å²) in [7, 11) is 0. The van der Waals surface area contributed by atoms with Crippen molar-refractivity contribution >= 4 is 33.7 Å². The van der Waals surface area contributed by atoms with Crippen LogP contribution in [0, 0.1) is 5.82 Å². The predicted octanol–water partition coefficient (Wildman–Crippen LogP) is 2.94. The van der Waals surface area contributed by atoms with Crippen LogP contribution in [0.4, 0.5) is 4.39 Å². The molecule has 1 N–H and O–H groups in total. The number of thioether (sulfide) groups is 1. The highest BCUT2D eigenvalue weighted by molar-refractivity contribution is 9.10. The van der Waals surface area contributed by atoms with Crippen molar-refractivity contribution in [2.45, 2.75) is 23.6 Å². The van der Waals surface area contributed by atoms with Gasteiger partial charge >= 0.3 is 5.97 Å². The van der Waals surface area contributed by atoms with Gasteiger partial charge in [-0.2, -0.15) is 0 Å². The van der Waals surface area contributed by atoms with Crippen LogP contribution in [-0.2, 0) is 4.79 Å². The number of aromatic nitrogens is 1. The van der Waals surface area contributed by atoms with E-state index in [9.17, 15) is 9.18 Å². The first-order chi connectivity index (χ1) is 7.04. The molecule has 1 aromatic rings. The number of aliphatic carboxylic acids is 1. The van der Waals surface area contributed by atoms with Gasteiger partial charge in [-0.3, -0.25) is 4.79 Å². The molecule has 1 rings (SSSR count). The SMILES string of the molecule is CCC(Sc1ncc(Br)cc1F)C(=O)O. The maximum absolute atomic E-state index is 13.3. The lowest BCUT2D eigenvalue weighted by atomic mass is 10.3. The number of halogens is 2. The fraction of sp³-hybridized carbons (Fsp3) is 0.333. The molecule has 0 amide bonds. The maximum atomic E-state index is 13.3. The van der Waals surface area contributed by atoms with E-state index in [0.717, 1.165) is 11.8 Å². The minimum atomic E-state index is -0.952. The van der Waals surface area contributed by atoms with Crippen molar-refractivity contribution in [3.8, 4) is 0 Å². The molecule has 1 unspecified atom stereocenters. The first-order valence-corrected chi connectivity index (χ1v) is 5.92. The second-order valence-corrected chi connectivity index (χ2v) is 4.90. The van der Waals surface area contributed by atoms with Crippen molar-refractivity contribution < 1.29 is 14.3 Å². The molecule has 15 heavy (non-hydrogen) atoms. The Bertz CT molecular complexity index is 375. The summed E-state index contributed by atoms with van der Waals surface area (Å²) in [5, 5.41) is 8.26. The molecule has 0 saturated heterocycles. The van der Waals surface area contributed by atoms with Gasteiger partial charge < -0.3 is 5.11 Å². The molecular weight excluding hydrogens is 285 g/mol. The first-order valence-electron chi connectivity index (χ1n) is 4.25. The zero-order valence-electron chi connectivity index (χ0n) is 7.91. The number of carbonyl (C=O) groups is 1. The van der Waals surface area contributed by atoms with Crippen LogP contribution in [0.1, 0.15) is 13.3 Å². The van der Waals surface area contributed by atoms with Crippen LogP contribution in [0.2, 0.25) is 0 Å². The molecule has 0 fully saturated rings. The lowest BCUT2D eigenvalue weighted by Gasteiger charge is -2.08. The largest absolute Gasteiger partial charge is 0.480 e. The van der Waals surface area contributed by atoms with Gasteiger partial charge in [-0.15, -0.1) is 0 Å². The van der Waals surface area contributed by atoms with Gasteiger partial charge in [0.25, 0.3) is 0 Å². The summed E-state index contributed by atoms with van der Waals surface area (Å²) in [4.78, 5) is 14.6. The van der Waals surface area contributed by atoms with E-state index in [1.807, 2.05) is 0 Å². The van der Waals surface area contributed by atoms with E-state index in [2.05, 4.69) is 20.9 Å². The molecule has 0 aliphatic carbocycles. The minimum Gasteiger partial charge on any atom is -0.480 e. The lowest BCUT2D eigenvalue weighted by molar-refractivity contribution is -0.136. The van der Waals surface area contributed by atoms with E-state index < -0.39 is 17.0 Å². The summed E-state index contributed by atoms with van der Waals surface area (Å²) < 4.78 is 13.8.